The Balaban J connectivity index is 1.31. The largest absolute Gasteiger partial charge is 0.493 e. The summed E-state index contributed by atoms with van der Waals surface area (Å²) < 4.78 is 6.90. The lowest BCUT2D eigenvalue weighted by Gasteiger charge is -2.52. The predicted octanol–water partition coefficient (Wildman–Crippen LogP) is 3.19. The number of rotatable bonds is 2. The van der Waals surface area contributed by atoms with E-state index in [-0.39, 0.29) is 5.91 Å². The molecule has 1 N–H and O–H groups in total. The number of fused-ring (bicyclic) bond motifs is 5. The molecular weight excluding hydrogens is 332 g/mol. The molecule has 4 nitrogen and oxygen atoms in total. The smallest absolute Gasteiger partial charge is 0.261 e. The van der Waals surface area contributed by atoms with Crippen molar-refractivity contribution in [3.63, 3.8) is 0 Å². The average molecular weight is 354 g/mol. The van der Waals surface area contributed by atoms with E-state index in [4.69, 9.17) is 4.74 Å². The summed E-state index contributed by atoms with van der Waals surface area (Å²) in [6.45, 7) is 3.22. The van der Waals surface area contributed by atoms with E-state index < -0.39 is 0 Å². The molecule has 1 saturated carbocycles. The van der Waals surface area contributed by atoms with Crippen molar-refractivity contribution >= 4 is 27.3 Å². The highest BCUT2D eigenvalue weighted by Gasteiger charge is 2.60. The number of benzene rings is 1. The third-order valence-corrected chi connectivity index (χ3v) is 8.06. The number of amides is 1. The Morgan fingerprint density at radius 3 is 2.92 bits per heavy atom. The summed E-state index contributed by atoms with van der Waals surface area (Å²) in [5.74, 6) is 1.79. The number of ether oxygens (including phenoxy) is 1. The monoisotopic (exact) mass is 354 g/mol. The van der Waals surface area contributed by atoms with Crippen LogP contribution in [0.15, 0.2) is 18.2 Å². The van der Waals surface area contributed by atoms with E-state index in [0.29, 0.717) is 17.5 Å². The van der Waals surface area contributed by atoms with Crippen LogP contribution in [0.25, 0.3) is 10.1 Å². The lowest BCUT2D eigenvalue weighted by Crippen LogP contribution is -2.65. The molecule has 0 radical (unpaired) electrons. The van der Waals surface area contributed by atoms with Crippen LogP contribution in [0.5, 0.6) is 5.75 Å². The highest BCUT2D eigenvalue weighted by Crippen LogP contribution is 2.53. The van der Waals surface area contributed by atoms with Crippen molar-refractivity contribution in [3.05, 3.63) is 28.6 Å². The minimum absolute atomic E-state index is 0.124. The zero-order chi connectivity index (χ0) is 16.6. The summed E-state index contributed by atoms with van der Waals surface area (Å²) in [6.07, 6.45) is 5.95. The first kappa shape index (κ1) is 14.6. The normalized spacial score (nSPS) is 31.1. The van der Waals surface area contributed by atoms with Gasteiger partial charge in [0.15, 0.2) is 0 Å². The van der Waals surface area contributed by atoms with Crippen LogP contribution in [-0.2, 0) is 6.42 Å². The van der Waals surface area contributed by atoms with Crippen LogP contribution in [0.3, 0.4) is 0 Å². The van der Waals surface area contributed by atoms with Gasteiger partial charge in [-0.25, -0.2) is 0 Å². The van der Waals surface area contributed by atoms with Crippen molar-refractivity contribution in [1.29, 1.82) is 0 Å². The average Bonchev–Trinajstić information content (AvgIpc) is 3.08. The Morgan fingerprint density at radius 1 is 1.28 bits per heavy atom. The fourth-order valence-electron chi connectivity index (χ4n) is 5.42. The fourth-order valence-corrected chi connectivity index (χ4v) is 6.55. The number of hydrogen-bond acceptors (Lipinski definition) is 4. The molecule has 1 aromatic carbocycles. The Morgan fingerprint density at radius 2 is 2.12 bits per heavy atom. The van der Waals surface area contributed by atoms with Gasteiger partial charge in [0, 0.05) is 22.2 Å². The Bertz CT molecular complexity index is 877. The second-order valence-corrected chi connectivity index (χ2v) is 9.10. The molecule has 1 amide bonds. The predicted molar refractivity (Wildman–Crippen MR) is 98.5 cm³/mol. The molecule has 3 saturated heterocycles. The first-order chi connectivity index (χ1) is 12.2. The molecule has 25 heavy (non-hydrogen) atoms. The van der Waals surface area contributed by atoms with Crippen LogP contribution in [0.2, 0.25) is 0 Å². The van der Waals surface area contributed by atoms with Gasteiger partial charge in [-0.1, -0.05) is 0 Å². The van der Waals surface area contributed by atoms with E-state index in [9.17, 15) is 4.79 Å². The first-order valence-corrected chi connectivity index (χ1v) is 10.3. The van der Waals surface area contributed by atoms with Gasteiger partial charge in [0.25, 0.3) is 5.91 Å². The SMILES string of the molecule is O=C(NC1C2CCN(CC2)C12CC2)c1cc2ccc3c(c2s1)CCO3. The molecule has 2 aromatic rings. The van der Waals surface area contributed by atoms with Crippen LogP contribution >= 0.6 is 11.3 Å². The highest BCUT2D eigenvalue weighted by molar-refractivity contribution is 7.21. The number of nitrogens with zero attached hydrogens (tertiary/aromatic N) is 1. The van der Waals surface area contributed by atoms with E-state index in [1.807, 2.05) is 6.07 Å². The van der Waals surface area contributed by atoms with E-state index in [2.05, 4.69) is 22.3 Å². The summed E-state index contributed by atoms with van der Waals surface area (Å²) in [5, 5.41) is 4.62. The summed E-state index contributed by atoms with van der Waals surface area (Å²) in [7, 11) is 0. The zero-order valence-corrected chi connectivity index (χ0v) is 15.0. The number of carbonyl (C=O) groups is 1. The Labute approximate surface area is 151 Å². The third-order valence-electron chi connectivity index (χ3n) is 6.85. The van der Waals surface area contributed by atoms with Crippen molar-refractivity contribution in [2.24, 2.45) is 5.92 Å². The molecule has 5 aliphatic rings. The van der Waals surface area contributed by atoms with E-state index >= 15 is 0 Å². The van der Waals surface area contributed by atoms with E-state index in [1.165, 1.54) is 54.4 Å². The molecule has 2 bridgehead atoms. The molecule has 5 heterocycles. The van der Waals surface area contributed by atoms with Crippen molar-refractivity contribution in [2.75, 3.05) is 19.7 Å². The van der Waals surface area contributed by atoms with Gasteiger partial charge in [-0.05, 0) is 68.3 Å². The minimum Gasteiger partial charge on any atom is -0.493 e. The van der Waals surface area contributed by atoms with Gasteiger partial charge >= 0.3 is 0 Å². The van der Waals surface area contributed by atoms with Crippen LogP contribution in [0.4, 0.5) is 0 Å². The fraction of sp³-hybridized carbons (Fsp3) is 0.550. The van der Waals surface area contributed by atoms with Gasteiger partial charge in [0.1, 0.15) is 5.75 Å². The number of hydrogen-bond donors (Lipinski definition) is 1. The van der Waals surface area contributed by atoms with Gasteiger partial charge in [0.05, 0.1) is 17.5 Å². The molecule has 1 unspecified atom stereocenters. The molecule has 1 aliphatic carbocycles. The Kier molecular flexibility index (Phi) is 2.90. The number of thiophene rings is 1. The molecule has 7 rings (SSSR count). The van der Waals surface area contributed by atoms with Gasteiger partial charge in [-0.15, -0.1) is 11.3 Å². The number of nitrogens with one attached hydrogen (secondary N) is 1. The molecular formula is C20H22N2O2S. The van der Waals surface area contributed by atoms with Gasteiger partial charge in [-0.3, -0.25) is 9.69 Å². The molecule has 1 aromatic heterocycles. The van der Waals surface area contributed by atoms with Crippen molar-refractivity contribution in [1.82, 2.24) is 10.2 Å². The standard InChI is InChI=1S/C20H22N2O2S/c23-19(21-18-12-3-8-22(9-4-12)20(18)6-7-20)16-11-13-1-2-15-14(5-10-24-15)17(13)25-16/h1-2,11-12,18H,3-10H2,(H,21,23). The second kappa shape index (κ2) is 4.98. The topological polar surface area (TPSA) is 41.6 Å². The van der Waals surface area contributed by atoms with Crippen LogP contribution in [0.1, 0.15) is 40.9 Å². The van der Waals surface area contributed by atoms with Crippen LogP contribution < -0.4 is 10.1 Å². The third kappa shape index (κ3) is 1.99. The van der Waals surface area contributed by atoms with E-state index in [0.717, 1.165) is 23.7 Å². The van der Waals surface area contributed by atoms with Crippen LogP contribution in [0, 0.1) is 5.92 Å². The molecule has 5 heteroatoms. The van der Waals surface area contributed by atoms with Gasteiger partial charge in [-0.2, -0.15) is 0 Å². The summed E-state index contributed by atoms with van der Waals surface area (Å²) in [4.78, 5) is 16.5. The molecule has 4 fully saturated rings. The molecule has 1 atom stereocenters. The molecule has 130 valence electrons. The highest BCUT2D eigenvalue weighted by atomic mass is 32.1. The van der Waals surface area contributed by atoms with Gasteiger partial charge in [0.2, 0.25) is 0 Å². The summed E-state index contributed by atoms with van der Waals surface area (Å²) in [6, 6.07) is 6.55. The summed E-state index contributed by atoms with van der Waals surface area (Å²) in [5.41, 5.74) is 1.57. The lowest BCUT2D eigenvalue weighted by molar-refractivity contribution is -0.00138. The maximum atomic E-state index is 13.0. The Hall–Kier alpha value is -1.59. The van der Waals surface area contributed by atoms with Crippen molar-refractivity contribution in [3.8, 4) is 5.75 Å². The quantitative estimate of drug-likeness (QED) is 0.900. The van der Waals surface area contributed by atoms with Crippen LogP contribution in [-0.4, -0.2) is 42.1 Å². The minimum atomic E-state index is 0.124. The molecule has 4 aliphatic heterocycles. The van der Waals surface area contributed by atoms with Gasteiger partial charge < -0.3 is 10.1 Å². The second-order valence-electron chi connectivity index (χ2n) is 8.05. The number of carbonyl (C=O) groups excluding carboxylic acids is 1. The summed E-state index contributed by atoms with van der Waals surface area (Å²) >= 11 is 1.63. The maximum absolute atomic E-state index is 13.0. The van der Waals surface area contributed by atoms with Crippen molar-refractivity contribution < 1.29 is 9.53 Å². The maximum Gasteiger partial charge on any atom is 0.261 e. The molecule has 1 spiro atoms. The van der Waals surface area contributed by atoms with E-state index in [1.54, 1.807) is 11.3 Å². The number of piperidine rings is 3. The first-order valence-electron chi connectivity index (χ1n) is 9.49. The van der Waals surface area contributed by atoms with Crippen molar-refractivity contribution in [2.45, 2.75) is 43.7 Å². The zero-order valence-electron chi connectivity index (χ0n) is 14.2. The lowest BCUT2D eigenvalue weighted by atomic mass is 9.77.